The average Bonchev–Trinajstić information content (AvgIpc) is 2.99. The highest BCUT2D eigenvalue weighted by molar-refractivity contribution is 5.85. The molecule has 1 saturated carbocycles. The fraction of sp³-hybridized carbons (Fsp3) is 0.583. The van der Waals surface area contributed by atoms with E-state index < -0.39 is 12.0 Å². The van der Waals surface area contributed by atoms with E-state index in [4.69, 9.17) is 10.8 Å². The first-order valence-electron chi connectivity index (χ1n) is 6.32. The topological polar surface area (TPSA) is 121 Å². The number of amides is 1. The first-order valence-corrected chi connectivity index (χ1v) is 6.32. The van der Waals surface area contributed by atoms with Gasteiger partial charge in [0.2, 0.25) is 5.91 Å². The molecule has 0 saturated heterocycles. The number of carbonyl (C=O) groups is 2. The number of hydrogen-bond acceptors (Lipinski definition) is 4. The predicted molar refractivity (Wildman–Crippen MR) is 67.2 cm³/mol. The Morgan fingerprint density at radius 1 is 1.58 bits per heavy atom. The summed E-state index contributed by atoms with van der Waals surface area (Å²) in [5.41, 5.74) is 6.43. The van der Waals surface area contributed by atoms with Crippen molar-refractivity contribution in [2.45, 2.75) is 37.8 Å². The zero-order chi connectivity index (χ0) is 13.8. The van der Waals surface area contributed by atoms with Crippen LogP contribution in [0.3, 0.4) is 0 Å². The summed E-state index contributed by atoms with van der Waals surface area (Å²) in [7, 11) is 0. The average molecular weight is 266 g/mol. The van der Waals surface area contributed by atoms with Crippen LogP contribution in [-0.2, 0) is 16.0 Å². The quantitative estimate of drug-likeness (QED) is 0.580. The maximum Gasteiger partial charge on any atom is 0.326 e. The van der Waals surface area contributed by atoms with Crippen LogP contribution in [0, 0.1) is 5.92 Å². The van der Waals surface area contributed by atoms with Crippen molar-refractivity contribution in [2.24, 2.45) is 11.7 Å². The smallest absolute Gasteiger partial charge is 0.326 e. The van der Waals surface area contributed by atoms with Crippen molar-refractivity contribution in [1.82, 2.24) is 15.3 Å². The van der Waals surface area contributed by atoms with Gasteiger partial charge in [-0.15, -0.1) is 0 Å². The molecule has 1 amide bonds. The van der Waals surface area contributed by atoms with Crippen LogP contribution in [0.4, 0.5) is 0 Å². The summed E-state index contributed by atoms with van der Waals surface area (Å²) in [6.45, 7) is 0. The molecule has 2 rings (SSSR count). The lowest BCUT2D eigenvalue weighted by molar-refractivity contribution is -0.142. The molecular weight excluding hydrogens is 248 g/mol. The summed E-state index contributed by atoms with van der Waals surface area (Å²) >= 11 is 0. The highest BCUT2D eigenvalue weighted by Gasteiger charge is 2.30. The van der Waals surface area contributed by atoms with Gasteiger partial charge >= 0.3 is 5.97 Å². The third kappa shape index (κ3) is 3.54. The Morgan fingerprint density at radius 3 is 2.89 bits per heavy atom. The third-order valence-electron chi connectivity index (χ3n) is 3.44. The maximum atomic E-state index is 12.0. The fourth-order valence-electron chi connectivity index (χ4n) is 2.36. The van der Waals surface area contributed by atoms with Crippen LogP contribution in [0.2, 0.25) is 0 Å². The van der Waals surface area contributed by atoms with Crippen molar-refractivity contribution < 1.29 is 14.7 Å². The molecule has 7 nitrogen and oxygen atoms in total. The van der Waals surface area contributed by atoms with Crippen LogP contribution in [0.25, 0.3) is 0 Å². The monoisotopic (exact) mass is 266 g/mol. The van der Waals surface area contributed by atoms with Crippen molar-refractivity contribution in [3.8, 4) is 0 Å². The third-order valence-corrected chi connectivity index (χ3v) is 3.44. The van der Waals surface area contributed by atoms with E-state index in [-0.39, 0.29) is 24.3 Å². The van der Waals surface area contributed by atoms with Gasteiger partial charge in [-0.1, -0.05) is 0 Å². The highest BCUT2D eigenvalue weighted by Crippen LogP contribution is 2.24. The second kappa shape index (κ2) is 5.83. The Kier molecular flexibility index (Phi) is 4.16. The molecule has 7 heteroatoms. The van der Waals surface area contributed by atoms with Gasteiger partial charge in [0, 0.05) is 30.3 Å². The zero-order valence-corrected chi connectivity index (χ0v) is 10.5. The number of aromatic amines is 1. The normalized spacial score (nSPS) is 24.1. The SMILES string of the molecule is NC1CCC(C(=O)N[C@@H](Cc2cnc[nH]2)C(=O)O)C1. The number of rotatable bonds is 5. The number of aromatic nitrogens is 2. The molecule has 0 bridgehead atoms. The molecule has 1 aliphatic carbocycles. The van der Waals surface area contributed by atoms with E-state index >= 15 is 0 Å². The molecule has 0 aromatic carbocycles. The molecule has 0 aliphatic heterocycles. The Hall–Kier alpha value is -1.89. The number of nitrogens with two attached hydrogens (primary N) is 1. The number of nitrogens with one attached hydrogen (secondary N) is 2. The van der Waals surface area contributed by atoms with Crippen molar-refractivity contribution in [2.75, 3.05) is 0 Å². The number of carbonyl (C=O) groups excluding carboxylic acids is 1. The number of hydrogen-bond donors (Lipinski definition) is 4. The molecule has 0 spiro atoms. The van der Waals surface area contributed by atoms with Crippen LogP contribution >= 0.6 is 0 Å². The van der Waals surface area contributed by atoms with Crippen LogP contribution < -0.4 is 11.1 Å². The van der Waals surface area contributed by atoms with E-state index in [1.165, 1.54) is 6.33 Å². The van der Waals surface area contributed by atoms with Gasteiger partial charge < -0.3 is 21.1 Å². The van der Waals surface area contributed by atoms with Gasteiger partial charge in [0.1, 0.15) is 6.04 Å². The Labute approximate surface area is 110 Å². The molecule has 19 heavy (non-hydrogen) atoms. The number of H-pyrrole nitrogens is 1. The lowest BCUT2D eigenvalue weighted by atomic mass is 10.1. The van der Waals surface area contributed by atoms with Crippen LogP contribution in [-0.4, -0.2) is 39.0 Å². The Bertz CT molecular complexity index is 446. The van der Waals surface area contributed by atoms with E-state index in [9.17, 15) is 9.59 Å². The van der Waals surface area contributed by atoms with E-state index in [2.05, 4.69) is 15.3 Å². The van der Waals surface area contributed by atoms with Gasteiger partial charge in [0.25, 0.3) is 0 Å². The second-order valence-electron chi connectivity index (χ2n) is 4.95. The van der Waals surface area contributed by atoms with E-state index in [0.29, 0.717) is 12.1 Å². The maximum absolute atomic E-state index is 12.0. The molecule has 1 heterocycles. The summed E-state index contributed by atoms with van der Waals surface area (Å²) in [4.78, 5) is 29.8. The number of carboxylic acids is 1. The summed E-state index contributed by atoms with van der Waals surface area (Å²) in [6.07, 6.45) is 5.39. The summed E-state index contributed by atoms with van der Waals surface area (Å²) < 4.78 is 0. The molecule has 1 aromatic rings. The first-order chi connectivity index (χ1) is 9.06. The summed E-state index contributed by atoms with van der Waals surface area (Å²) in [5.74, 6) is -1.44. The molecule has 3 atom stereocenters. The lowest BCUT2D eigenvalue weighted by Gasteiger charge is -2.16. The molecule has 1 aliphatic rings. The highest BCUT2D eigenvalue weighted by atomic mass is 16.4. The van der Waals surface area contributed by atoms with Gasteiger partial charge in [-0.3, -0.25) is 4.79 Å². The van der Waals surface area contributed by atoms with Crippen molar-refractivity contribution in [3.05, 3.63) is 18.2 Å². The molecule has 1 aromatic heterocycles. The van der Waals surface area contributed by atoms with Crippen LogP contribution in [0.5, 0.6) is 0 Å². The molecule has 104 valence electrons. The van der Waals surface area contributed by atoms with Gasteiger partial charge in [-0.25, -0.2) is 9.78 Å². The van der Waals surface area contributed by atoms with Gasteiger partial charge in [0.05, 0.1) is 6.33 Å². The standard InChI is InChI=1S/C12H18N4O3/c13-8-2-1-7(3-8)11(17)16-10(12(18)19)4-9-5-14-6-15-9/h5-8,10H,1-4,13H2,(H,14,15)(H,16,17)(H,18,19)/t7?,8?,10-/m0/s1. The van der Waals surface area contributed by atoms with Crippen LogP contribution in [0.15, 0.2) is 12.5 Å². The molecule has 0 radical (unpaired) electrons. The van der Waals surface area contributed by atoms with Gasteiger partial charge in [0.15, 0.2) is 0 Å². The number of imidazole rings is 1. The van der Waals surface area contributed by atoms with Crippen LogP contribution in [0.1, 0.15) is 25.0 Å². The van der Waals surface area contributed by atoms with Gasteiger partial charge in [-0.05, 0) is 19.3 Å². The van der Waals surface area contributed by atoms with Crippen molar-refractivity contribution >= 4 is 11.9 Å². The van der Waals surface area contributed by atoms with Crippen molar-refractivity contribution in [1.29, 1.82) is 0 Å². The second-order valence-corrected chi connectivity index (χ2v) is 4.95. The summed E-state index contributed by atoms with van der Waals surface area (Å²) in [5, 5.41) is 11.7. The van der Waals surface area contributed by atoms with E-state index in [1.807, 2.05) is 0 Å². The summed E-state index contributed by atoms with van der Waals surface area (Å²) in [6, 6.07) is -0.892. The Morgan fingerprint density at radius 2 is 2.37 bits per heavy atom. The fourth-order valence-corrected chi connectivity index (χ4v) is 2.36. The van der Waals surface area contributed by atoms with Gasteiger partial charge in [-0.2, -0.15) is 0 Å². The molecule has 5 N–H and O–H groups in total. The minimum absolute atomic E-state index is 0.0478. The molecule has 1 fully saturated rings. The van der Waals surface area contributed by atoms with Crippen molar-refractivity contribution in [3.63, 3.8) is 0 Å². The van der Waals surface area contributed by atoms with E-state index in [1.54, 1.807) is 6.20 Å². The number of carboxylic acid groups (broad SMARTS) is 1. The predicted octanol–water partition coefficient (Wildman–Crippen LogP) is -0.351. The molecular formula is C12H18N4O3. The first kappa shape index (κ1) is 13.5. The minimum atomic E-state index is -1.05. The number of aliphatic carboxylic acids is 1. The number of nitrogens with zero attached hydrogens (tertiary/aromatic N) is 1. The Balaban J connectivity index is 1.93. The molecule has 2 unspecified atom stereocenters. The lowest BCUT2D eigenvalue weighted by Crippen LogP contribution is -2.44. The minimum Gasteiger partial charge on any atom is -0.480 e. The zero-order valence-electron chi connectivity index (χ0n) is 10.5. The van der Waals surface area contributed by atoms with E-state index in [0.717, 1.165) is 12.8 Å². The largest absolute Gasteiger partial charge is 0.480 e.